The molecule has 7 nitrogen and oxygen atoms in total. The van der Waals surface area contributed by atoms with Gasteiger partial charge in [-0.25, -0.2) is 4.98 Å². The molecule has 0 spiro atoms. The number of carbonyl (C=O) groups is 1. The summed E-state index contributed by atoms with van der Waals surface area (Å²) >= 11 is 0. The Balaban J connectivity index is 1.34. The van der Waals surface area contributed by atoms with E-state index in [1.807, 2.05) is 49.4 Å². The molecule has 2 aliphatic heterocycles. The predicted molar refractivity (Wildman–Crippen MR) is 173 cm³/mol. The molecular weight excluding hydrogens is 536 g/mol. The third-order valence-corrected chi connectivity index (χ3v) is 8.78. The van der Waals surface area contributed by atoms with E-state index in [0.29, 0.717) is 24.4 Å². The topological polar surface area (TPSA) is 86.7 Å². The van der Waals surface area contributed by atoms with Gasteiger partial charge in [-0.1, -0.05) is 56.3 Å². The Hall–Kier alpha value is -3.42. The molecule has 0 radical (unpaired) electrons. The molecule has 3 heterocycles. The Morgan fingerprint density at radius 1 is 1.14 bits per heavy atom. The van der Waals surface area contributed by atoms with Crippen molar-refractivity contribution in [3.05, 3.63) is 88.6 Å². The van der Waals surface area contributed by atoms with Crippen LogP contribution in [0, 0.1) is 12.8 Å². The summed E-state index contributed by atoms with van der Waals surface area (Å²) in [5, 5.41) is 18.4. The van der Waals surface area contributed by atoms with Gasteiger partial charge in [-0.05, 0) is 81.7 Å². The molecule has 43 heavy (non-hydrogen) atoms. The van der Waals surface area contributed by atoms with Crippen LogP contribution in [0.25, 0.3) is 0 Å². The molecule has 0 aliphatic carbocycles. The molecule has 3 N–H and O–H groups in total. The molecule has 5 rings (SSSR count). The van der Waals surface area contributed by atoms with Crippen molar-refractivity contribution in [3.63, 3.8) is 0 Å². The first kappa shape index (κ1) is 31.0. The summed E-state index contributed by atoms with van der Waals surface area (Å²) < 4.78 is 6.28. The highest BCUT2D eigenvalue weighted by Gasteiger charge is 2.34. The minimum Gasteiger partial charge on any atom is -0.487 e. The third kappa shape index (κ3) is 7.95. The van der Waals surface area contributed by atoms with Crippen LogP contribution in [0.1, 0.15) is 85.7 Å². The van der Waals surface area contributed by atoms with Crippen molar-refractivity contribution < 1.29 is 14.6 Å². The second kappa shape index (κ2) is 13.5. The van der Waals surface area contributed by atoms with E-state index in [1.54, 1.807) is 0 Å². The maximum atomic E-state index is 13.7. The summed E-state index contributed by atoms with van der Waals surface area (Å²) in [6, 6.07) is 19.7. The number of aromatic nitrogens is 1. The van der Waals surface area contributed by atoms with Crippen LogP contribution in [-0.2, 0) is 12.8 Å². The van der Waals surface area contributed by atoms with Crippen LogP contribution < -0.4 is 20.3 Å². The molecular formula is C36H48N4O3. The monoisotopic (exact) mass is 584 g/mol. The van der Waals surface area contributed by atoms with Gasteiger partial charge < -0.3 is 25.4 Å². The number of nitrogens with zero attached hydrogens (tertiary/aromatic N) is 2. The number of hydrogen-bond donors (Lipinski definition) is 3. The van der Waals surface area contributed by atoms with Gasteiger partial charge in [0.1, 0.15) is 17.2 Å². The first-order valence-electron chi connectivity index (χ1n) is 15.9. The van der Waals surface area contributed by atoms with Gasteiger partial charge in [-0.3, -0.25) is 4.79 Å². The van der Waals surface area contributed by atoms with E-state index in [2.05, 4.69) is 61.4 Å². The molecule has 1 aromatic heterocycles. The van der Waals surface area contributed by atoms with E-state index >= 15 is 0 Å². The van der Waals surface area contributed by atoms with E-state index in [1.165, 1.54) is 12.0 Å². The maximum absolute atomic E-state index is 13.7. The molecule has 2 aromatic carbocycles. The fraction of sp³-hybridized carbons (Fsp3) is 0.500. The molecule has 1 fully saturated rings. The van der Waals surface area contributed by atoms with Crippen LogP contribution in [0.3, 0.4) is 0 Å². The van der Waals surface area contributed by atoms with E-state index < -0.39 is 12.1 Å². The first-order chi connectivity index (χ1) is 20.6. The number of aliphatic hydroxyl groups excluding tert-OH is 1. The Morgan fingerprint density at radius 3 is 2.67 bits per heavy atom. The molecule has 7 heteroatoms. The molecule has 3 aromatic rings. The van der Waals surface area contributed by atoms with Gasteiger partial charge in [-0.15, -0.1) is 0 Å². The zero-order chi connectivity index (χ0) is 30.6. The van der Waals surface area contributed by atoms with Crippen molar-refractivity contribution in [2.45, 2.75) is 90.5 Å². The number of piperidine rings is 1. The van der Waals surface area contributed by atoms with Crippen molar-refractivity contribution in [3.8, 4) is 5.75 Å². The summed E-state index contributed by atoms with van der Waals surface area (Å²) in [6.07, 6.45) is 3.79. The van der Waals surface area contributed by atoms with Crippen LogP contribution in [-0.4, -0.2) is 53.4 Å². The van der Waals surface area contributed by atoms with Crippen LogP contribution in [0.2, 0.25) is 0 Å². The van der Waals surface area contributed by atoms with Gasteiger partial charge in [0.25, 0.3) is 5.91 Å². The summed E-state index contributed by atoms with van der Waals surface area (Å²) in [4.78, 5) is 20.8. The molecule has 4 atom stereocenters. The standard InChI is InChI=1S/C36H48N4O3/c1-6-26-14-15-33-29(18-26)31(21-36(4,5)43-33)37-22-32(41)30(19-27-12-8-7-9-13-27)39-35(42)28-17-25(3)38-34(20-28)40-16-10-11-24(2)23-40/h7-9,12-15,17-18,20,24,30-32,37,41H,6,10-11,16,19,21-23H2,1-5H3,(H,39,42)/t24-,30-,31-,32+/m0/s1. The highest BCUT2D eigenvalue weighted by atomic mass is 16.5. The zero-order valence-electron chi connectivity index (χ0n) is 26.4. The van der Waals surface area contributed by atoms with Crippen molar-refractivity contribution in [1.29, 1.82) is 0 Å². The SMILES string of the molecule is CCc1ccc2c(c1)[C@@H](NC[C@@H](O)[C@H](Cc1ccccc1)NC(=O)c1cc(C)nc(N3CCC[C@H](C)C3)c1)CC(C)(C)O2. The van der Waals surface area contributed by atoms with Crippen molar-refractivity contribution in [2.24, 2.45) is 5.92 Å². The number of anilines is 1. The zero-order valence-corrected chi connectivity index (χ0v) is 26.4. The largest absolute Gasteiger partial charge is 0.487 e. The molecule has 0 saturated carbocycles. The minimum absolute atomic E-state index is 0.0327. The quantitative estimate of drug-likeness (QED) is 0.280. The summed E-state index contributed by atoms with van der Waals surface area (Å²) in [5.41, 5.74) is 4.51. The van der Waals surface area contributed by atoms with Crippen LogP contribution >= 0.6 is 0 Å². The number of benzene rings is 2. The second-order valence-corrected chi connectivity index (χ2v) is 13.1. The maximum Gasteiger partial charge on any atom is 0.251 e. The van der Waals surface area contributed by atoms with Gasteiger partial charge in [0.05, 0.1) is 12.1 Å². The summed E-state index contributed by atoms with van der Waals surface area (Å²) in [7, 11) is 0. The Kier molecular flexibility index (Phi) is 9.72. The first-order valence-corrected chi connectivity index (χ1v) is 15.9. The second-order valence-electron chi connectivity index (χ2n) is 13.1. The molecule has 2 aliphatic rings. The number of hydrogen-bond acceptors (Lipinski definition) is 6. The number of aliphatic hydroxyl groups is 1. The average molecular weight is 585 g/mol. The minimum atomic E-state index is -0.807. The van der Waals surface area contributed by atoms with Gasteiger partial charge in [0.2, 0.25) is 0 Å². The van der Waals surface area contributed by atoms with E-state index in [0.717, 1.165) is 60.7 Å². The smallest absolute Gasteiger partial charge is 0.251 e. The lowest BCUT2D eigenvalue weighted by Crippen LogP contribution is -2.50. The highest BCUT2D eigenvalue weighted by Crippen LogP contribution is 2.40. The lowest BCUT2D eigenvalue weighted by molar-refractivity contribution is 0.0582. The number of fused-ring (bicyclic) bond motifs is 1. The van der Waals surface area contributed by atoms with Gasteiger partial charge in [-0.2, -0.15) is 0 Å². The number of carbonyl (C=O) groups excluding carboxylic acids is 1. The molecule has 230 valence electrons. The van der Waals surface area contributed by atoms with Crippen LogP contribution in [0.15, 0.2) is 60.7 Å². The summed E-state index contributed by atoms with van der Waals surface area (Å²) in [6.45, 7) is 12.8. The van der Waals surface area contributed by atoms with Gasteiger partial charge in [0.15, 0.2) is 0 Å². The highest BCUT2D eigenvalue weighted by molar-refractivity contribution is 5.95. The van der Waals surface area contributed by atoms with E-state index in [4.69, 9.17) is 9.72 Å². The normalized spacial score (nSPS) is 20.9. The summed E-state index contributed by atoms with van der Waals surface area (Å²) in [5.74, 6) is 2.15. The van der Waals surface area contributed by atoms with E-state index in [9.17, 15) is 9.90 Å². The molecule has 1 amide bonds. The van der Waals surface area contributed by atoms with Crippen LogP contribution in [0.5, 0.6) is 5.75 Å². The number of pyridine rings is 1. The van der Waals surface area contributed by atoms with Crippen molar-refractivity contribution >= 4 is 11.7 Å². The number of amides is 1. The number of nitrogens with one attached hydrogen (secondary N) is 2. The number of rotatable bonds is 10. The lowest BCUT2D eigenvalue weighted by atomic mass is 9.88. The number of aryl methyl sites for hydroxylation is 2. The van der Waals surface area contributed by atoms with Crippen molar-refractivity contribution in [2.75, 3.05) is 24.5 Å². The fourth-order valence-corrected chi connectivity index (χ4v) is 6.46. The molecule has 0 unspecified atom stereocenters. The van der Waals surface area contributed by atoms with Gasteiger partial charge >= 0.3 is 0 Å². The third-order valence-electron chi connectivity index (χ3n) is 8.78. The Morgan fingerprint density at radius 2 is 1.93 bits per heavy atom. The molecule has 1 saturated heterocycles. The average Bonchev–Trinajstić information content (AvgIpc) is 2.99. The lowest BCUT2D eigenvalue weighted by Gasteiger charge is -2.39. The van der Waals surface area contributed by atoms with Gasteiger partial charge in [0, 0.05) is 48.9 Å². The van der Waals surface area contributed by atoms with E-state index in [-0.39, 0.29) is 17.6 Å². The predicted octanol–water partition coefficient (Wildman–Crippen LogP) is 5.78. The van der Waals surface area contributed by atoms with Crippen molar-refractivity contribution in [1.82, 2.24) is 15.6 Å². The Labute approximate surface area is 257 Å². The van der Waals surface area contributed by atoms with Crippen LogP contribution in [0.4, 0.5) is 5.82 Å². The fourth-order valence-electron chi connectivity index (χ4n) is 6.46. The number of ether oxygens (including phenoxy) is 1. The molecule has 0 bridgehead atoms. The Bertz CT molecular complexity index is 1390.